The second-order valence-electron chi connectivity index (χ2n) is 5.83. The van der Waals surface area contributed by atoms with Crippen molar-refractivity contribution < 1.29 is 0 Å². The molecular formula is C20H16BrN. The molecule has 4 aromatic rings. The van der Waals surface area contributed by atoms with Crippen LogP contribution in [0, 0.1) is 13.8 Å². The largest absolute Gasteiger partial charge is 0.308 e. The minimum atomic E-state index is 1.14. The first kappa shape index (κ1) is 13.6. The van der Waals surface area contributed by atoms with E-state index in [2.05, 4.69) is 95.0 Å². The summed E-state index contributed by atoms with van der Waals surface area (Å²) >= 11 is 3.77. The van der Waals surface area contributed by atoms with Gasteiger partial charge in [0.05, 0.1) is 11.0 Å². The maximum atomic E-state index is 3.77. The Kier molecular flexibility index (Phi) is 3.08. The minimum Gasteiger partial charge on any atom is -0.308 e. The first-order valence-corrected chi connectivity index (χ1v) is 8.21. The monoisotopic (exact) mass is 349 g/mol. The Bertz CT molecular complexity index is 997. The van der Waals surface area contributed by atoms with Crippen molar-refractivity contribution >= 4 is 37.7 Å². The number of fused-ring (bicyclic) bond motifs is 3. The summed E-state index contributed by atoms with van der Waals surface area (Å²) in [5, 5.41) is 2.61. The Morgan fingerprint density at radius 2 is 1.50 bits per heavy atom. The van der Waals surface area contributed by atoms with Gasteiger partial charge in [-0.1, -0.05) is 29.8 Å². The topological polar surface area (TPSA) is 4.93 Å². The lowest BCUT2D eigenvalue weighted by Gasteiger charge is -2.09. The lowest BCUT2D eigenvalue weighted by atomic mass is 10.1. The van der Waals surface area contributed by atoms with Crippen LogP contribution in [0.5, 0.6) is 0 Å². The quantitative estimate of drug-likeness (QED) is 0.387. The number of halogens is 1. The maximum absolute atomic E-state index is 3.77. The highest BCUT2D eigenvalue weighted by Crippen LogP contribution is 2.37. The van der Waals surface area contributed by atoms with Crippen molar-refractivity contribution in [3.8, 4) is 5.69 Å². The van der Waals surface area contributed by atoms with Crippen molar-refractivity contribution in [2.75, 3.05) is 0 Å². The Morgan fingerprint density at radius 1 is 0.773 bits per heavy atom. The number of hydrogen-bond acceptors (Lipinski definition) is 0. The highest BCUT2D eigenvalue weighted by Gasteiger charge is 2.15. The van der Waals surface area contributed by atoms with Crippen LogP contribution >= 0.6 is 15.9 Å². The van der Waals surface area contributed by atoms with E-state index < -0.39 is 0 Å². The van der Waals surface area contributed by atoms with Crippen molar-refractivity contribution in [2.45, 2.75) is 13.8 Å². The van der Waals surface area contributed by atoms with Crippen molar-refractivity contribution in [3.63, 3.8) is 0 Å². The molecule has 0 N–H and O–H groups in total. The Hall–Kier alpha value is -2.06. The lowest BCUT2D eigenvalue weighted by Crippen LogP contribution is -1.94. The Balaban J connectivity index is 2.27. The molecule has 2 heteroatoms. The third-order valence-electron chi connectivity index (χ3n) is 4.13. The molecule has 0 bridgehead atoms. The van der Waals surface area contributed by atoms with Crippen molar-refractivity contribution in [1.29, 1.82) is 0 Å². The zero-order valence-corrected chi connectivity index (χ0v) is 14.2. The average Bonchev–Trinajstić information content (AvgIpc) is 2.82. The minimum absolute atomic E-state index is 1.14. The standard InChI is InChI=1S/C20H16BrN/c1-13-8-9-19-16(10-13)17-11-14(2)12-18(21)20(17)22(19)15-6-4-3-5-7-15/h3-12H,1-2H3. The van der Waals surface area contributed by atoms with E-state index in [0.29, 0.717) is 0 Å². The van der Waals surface area contributed by atoms with E-state index in [-0.39, 0.29) is 0 Å². The van der Waals surface area contributed by atoms with E-state index in [9.17, 15) is 0 Å². The predicted octanol–water partition coefficient (Wildman–Crippen LogP) is 6.16. The molecule has 0 saturated heterocycles. The van der Waals surface area contributed by atoms with Gasteiger partial charge in [0, 0.05) is 20.9 Å². The third kappa shape index (κ3) is 1.98. The fourth-order valence-electron chi connectivity index (χ4n) is 3.19. The highest BCUT2D eigenvalue weighted by molar-refractivity contribution is 9.10. The van der Waals surface area contributed by atoms with Crippen molar-refractivity contribution in [1.82, 2.24) is 4.57 Å². The molecule has 0 saturated carbocycles. The normalized spacial score (nSPS) is 11.4. The van der Waals surface area contributed by atoms with Gasteiger partial charge >= 0.3 is 0 Å². The van der Waals surface area contributed by atoms with Gasteiger partial charge in [-0.25, -0.2) is 0 Å². The van der Waals surface area contributed by atoms with Gasteiger partial charge in [-0.2, -0.15) is 0 Å². The molecule has 1 aromatic heterocycles. The van der Waals surface area contributed by atoms with Gasteiger partial charge in [0.25, 0.3) is 0 Å². The molecule has 0 amide bonds. The van der Waals surface area contributed by atoms with Gasteiger partial charge in [0.1, 0.15) is 0 Å². The van der Waals surface area contributed by atoms with Gasteiger partial charge in [0.15, 0.2) is 0 Å². The number of aromatic nitrogens is 1. The molecule has 0 radical (unpaired) electrons. The molecule has 0 aliphatic heterocycles. The average molecular weight is 350 g/mol. The fourth-order valence-corrected chi connectivity index (χ4v) is 3.95. The summed E-state index contributed by atoms with van der Waals surface area (Å²) in [7, 11) is 0. The number of hydrogen-bond donors (Lipinski definition) is 0. The zero-order chi connectivity index (χ0) is 15.3. The summed E-state index contributed by atoms with van der Waals surface area (Å²) in [6.07, 6.45) is 0. The molecule has 0 atom stereocenters. The van der Waals surface area contributed by atoms with Crippen LogP contribution in [0.2, 0.25) is 0 Å². The molecule has 0 unspecified atom stereocenters. The van der Waals surface area contributed by atoms with Crippen LogP contribution in [0.15, 0.2) is 65.1 Å². The zero-order valence-electron chi connectivity index (χ0n) is 12.6. The molecule has 108 valence electrons. The summed E-state index contributed by atoms with van der Waals surface area (Å²) in [6.45, 7) is 4.29. The summed E-state index contributed by atoms with van der Waals surface area (Å²) in [4.78, 5) is 0. The van der Waals surface area contributed by atoms with Crippen LogP contribution in [-0.2, 0) is 0 Å². The summed E-state index contributed by atoms with van der Waals surface area (Å²) in [5.74, 6) is 0. The van der Waals surface area contributed by atoms with E-state index in [1.165, 1.54) is 38.6 Å². The predicted molar refractivity (Wildman–Crippen MR) is 98.0 cm³/mol. The van der Waals surface area contributed by atoms with Crippen LogP contribution in [0.3, 0.4) is 0 Å². The Morgan fingerprint density at radius 3 is 2.27 bits per heavy atom. The fraction of sp³-hybridized carbons (Fsp3) is 0.100. The second kappa shape index (κ2) is 4.99. The van der Waals surface area contributed by atoms with Crippen LogP contribution in [0.1, 0.15) is 11.1 Å². The van der Waals surface area contributed by atoms with Gasteiger partial charge < -0.3 is 4.57 Å². The second-order valence-corrected chi connectivity index (χ2v) is 6.69. The molecule has 3 aromatic carbocycles. The molecule has 0 spiro atoms. The molecule has 1 heterocycles. The molecule has 1 nitrogen and oxygen atoms in total. The number of rotatable bonds is 1. The molecule has 0 aliphatic rings. The van der Waals surface area contributed by atoms with Gasteiger partial charge in [-0.15, -0.1) is 0 Å². The SMILES string of the molecule is Cc1ccc2c(c1)c1cc(C)cc(Br)c1n2-c1ccccc1. The van der Waals surface area contributed by atoms with E-state index in [1.54, 1.807) is 0 Å². The first-order valence-electron chi connectivity index (χ1n) is 7.41. The van der Waals surface area contributed by atoms with E-state index in [0.717, 1.165) is 4.47 Å². The van der Waals surface area contributed by atoms with Crippen molar-refractivity contribution in [2.24, 2.45) is 0 Å². The van der Waals surface area contributed by atoms with Crippen LogP contribution < -0.4 is 0 Å². The summed E-state index contributed by atoms with van der Waals surface area (Å²) in [6, 6.07) is 21.7. The number of para-hydroxylation sites is 1. The number of benzene rings is 3. The highest BCUT2D eigenvalue weighted by atomic mass is 79.9. The molecule has 22 heavy (non-hydrogen) atoms. The van der Waals surface area contributed by atoms with E-state index in [4.69, 9.17) is 0 Å². The molecule has 4 rings (SSSR count). The summed E-state index contributed by atoms with van der Waals surface area (Å²) in [5.41, 5.74) is 6.23. The van der Waals surface area contributed by atoms with Gasteiger partial charge in [-0.3, -0.25) is 0 Å². The van der Waals surface area contributed by atoms with Crippen LogP contribution in [0.25, 0.3) is 27.5 Å². The van der Waals surface area contributed by atoms with E-state index in [1.807, 2.05) is 0 Å². The Labute approximate surface area is 138 Å². The van der Waals surface area contributed by atoms with Gasteiger partial charge in [0.2, 0.25) is 0 Å². The lowest BCUT2D eigenvalue weighted by molar-refractivity contribution is 1.17. The van der Waals surface area contributed by atoms with Gasteiger partial charge in [-0.05, 0) is 71.7 Å². The number of nitrogens with zero attached hydrogens (tertiary/aromatic N) is 1. The summed E-state index contributed by atoms with van der Waals surface area (Å²) < 4.78 is 3.48. The van der Waals surface area contributed by atoms with Crippen LogP contribution in [0.4, 0.5) is 0 Å². The molecular weight excluding hydrogens is 334 g/mol. The maximum Gasteiger partial charge on any atom is 0.0683 e. The molecule has 0 aliphatic carbocycles. The smallest absolute Gasteiger partial charge is 0.0683 e. The first-order chi connectivity index (χ1) is 10.6. The van der Waals surface area contributed by atoms with Crippen molar-refractivity contribution in [3.05, 3.63) is 76.3 Å². The van der Waals surface area contributed by atoms with Crippen LogP contribution in [-0.4, -0.2) is 4.57 Å². The molecule has 0 fully saturated rings. The third-order valence-corrected chi connectivity index (χ3v) is 4.73. The van der Waals surface area contributed by atoms with E-state index >= 15 is 0 Å². The number of aryl methyl sites for hydroxylation is 2.